The number of allylic oxidation sites excluding steroid dienone is 1. The second kappa shape index (κ2) is 6.84. The number of hydrogen-bond acceptors (Lipinski definition) is 5. The van der Waals surface area contributed by atoms with Crippen LogP contribution in [0.1, 0.15) is 29.2 Å². The number of likely N-dealkylation sites (tertiary alicyclic amines) is 1. The van der Waals surface area contributed by atoms with Crippen LogP contribution in [-0.2, 0) is 0 Å². The molecule has 4 nitrogen and oxygen atoms in total. The highest BCUT2D eigenvalue weighted by molar-refractivity contribution is 7.10. The molecule has 0 aromatic carbocycles. The van der Waals surface area contributed by atoms with Gasteiger partial charge in [0.25, 0.3) is 0 Å². The summed E-state index contributed by atoms with van der Waals surface area (Å²) in [6, 6.07) is 8.40. The fourth-order valence-electron chi connectivity index (χ4n) is 3.47. The van der Waals surface area contributed by atoms with E-state index in [2.05, 4.69) is 45.9 Å². The average Bonchev–Trinajstić information content (AvgIpc) is 3.19. The van der Waals surface area contributed by atoms with Crippen molar-refractivity contribution in [2.24, 2.45) is 4.99 Å². The number of likely N-dealkylation sites (N-methyl/N-ethyl adjacent to an activating group) is 1. The third-order valence-electron chi connectivity index (χ3n) is 4.88. The van der Waals surface area contributed by atoms with Gasteiger partial charge in [0.05, 0.1) is 5.70 Å². The summed E-state index contributed by atoms with van der Waals surface area (Å²) < 4.78 is 0. The summed E-state index contributed by atoms with van der Waals surface area (Å²) >= 11 is 1.86. The molecule has 1 fully saturated rings. The fraction of sp³-hybridized carbons (Fsp3) is 0.300. The summed E-state index contributed by atoms with van der Waals surface area (Å²) in [4.78, 5) is 15.1. The summed E-state index contributed by atoms with van der Waals surface area (Å²) in [5, 5.41) is 2.17. The molecule has 0 aliphatic carbocycles. The lowest BCUT2D eigenvalue weighted by Gasteiger charge is -2.39. The summed E-state index contributed by atoms with van der Waals surface area (Å²) in [7, 11) is 2.05. The van der Waals surface area contributed by atoms with E-state index in [1.165, 1.54) is 17.7 Å². The Morgan fingerprint density at radius 1 is 1.24 bits per heavy atom. The molecule has 2 aromatic rings. The maximum absolute atomic E-state index is 4.97. The standard InChI is InChI=1S/C20H22N4S/c1-15-13-18(16-7-9-21-10-8-16)22-20(23(15)2)24-11-3-5-17(14-24)19-6-4-12-25-19/h4,6-10,12-13,17H,1,3,5,11,14H2,2H3. The van der Waals surface area contributed by atoms with Gasteiger partial charge in [-0.25, -0.2) is 4.99 Å². The molecule has 1 saturated heterocycles. The molecule has 5 heteroatoms. The minimum atomic E-state index is 0.591. The number of guanidine groups is 1. The molecule has 0 spiro atoms. The van der Waals surface area contributed by atoms with Crippen LogP contribution in [0.3, 0.4) is 0 Å². The quantitative estimate of drug-likeness (QED) is 0.814. The molecular formula is C20H22N4S. The third kappa shape index (κ3) is 3.24. The molecule has 2 aromatic heterocycles. The van der Waals surface area contributed by atoms with Crippen LogP contribution in [0.2, 0.25) is 0 Å². The van der Waals surface area contributed by atoms with Gasteiger partial charge in [-0.3, -0.25) is 4.98 Å². The molecule has 2 aliphatic rings. The Kier molecular flexibility index (Phi) is 4.40. The van der Waals surface area contributed by atoms with E-state index >= 15 is 0 Å². The molecule has 0 radical (unpaired) electrons. The van der Waals surface area contributed by atoms with Gasteiger partial charge in [0, 0.05) is 54.6 Å². The van der Waals surface area contributed by atoms with Crippen LogP contribution in [0.25, 0.3) is 5.70 Å². The number of thiophene rings is 1. The van der Waals surface area contributed by atoms with Crippen LogP contribution in [0, 0.1) is 0 Å². The number of aliphatic imine (C=N–C) groups is 1. The molecule has 4 rings (SSSR count). The monoisotopic (exact) mass is 350 g/mol. The second-order valence-corrected chi connectivity index (χ2v) is 7.51. The van der Waals surface area contributed by atoms with E-state index in [1.54, 1.807) is 12.4 Å². The van der Waals surface area contributed by atoms with Gasteiger partial charge >= 0.3 is 0 Å². The lowest BCUT2D eigenvalue weighted by atomic mass is 9.96. The normalized spacial score (nSPS) is 21.2. The van der Waals surface area contributed by atoms with Gasteiger partial charge in [-0.15, -0.1) is 11.3 Å². The lowest BCUT2D eigenvalue weighted by Crippen LogP contribution is -2.47. The molecule has 4 heterocycles. The van der Waals surface area contributed by atoms with Crippen molar-refractivity contribution in [1.82, 2.24) is 14.8 Å². The largest absolute Gasteiger partial charge is 0.342 e. The minimum Gasteiger partial charge on any atom is -0.342 e. The number of pyridine rings is 1. The van der Waals surface area contributed by atoms with Crippen molar-refractivity contribution in [2.45, 2.75) is 18.8 Å². The summed E-state index contributed by atoms with van der Waals surface area (Å²) in [5.74, 6) is 1.59. The number of piperidine rings is 1. The van der Waals surface area contributed by atoms with Gasteiger partial charge in [-0.05, 0) is 42.5 Å². The molecule has 0 saturated carbocycles. The van der Waals surface area contributed by atoms with Crippen molar-refractivity contribution >= 4 is 23.0 Å². The van der Waals surface area contributed by atoms with Gasteiger partial charge in [0.1, 0.15) is 0 Å². The molecule has 0 amide bonds. The van der Waals surface area contributed by atoms with Gasteiger partial charge < -0.3 is 9.80 Å². The zero-order valence-corrected chi connectivity index (χ0v) is 15.2. The topological polar surface area (TPSA) is 31.7 Å². The van der Waals surface area contributed by atoms with Crippen molar-refractivity contribution in [3.05, 3.63) is 70.8 Å². The number of aromatic nitrogens is 1. The van der Waals surface area contributed by atoms with E-state index in [0.29, 0.717) is 5.92 Å². The van der Waals surface area contributed by atoms with E-state index in [-0.39, 0.29) is 0 Å². The number of rotatable bonds is 2. The number of hydrogen-bond donors (Lipinski definition) is 0. The van der Waals surface area contributed by atoms with Crippen molar-refractivity contribution in [3.63, 3.8) is 0 Å². The van der Waals surface area contributed by atoms with Gasteiger partial charge in [-0.2, -0.15) is 0 Å². The molecule has 0 N–H and O–H groups in total. The van der Waals surface area contributed by atoms with Crippen LogP contribution in [-0.4, -0.2) is 40.9 Å². The second-order valence-electron chi connectivity index (χ2n) is 6.53. The highest BCUT2D eigenvalue weighted by Gasteiger charge is 2.28. The van der Waals surface area contributed by atoms with Crippen molar-refractivity contribution in [1.29, 1.82) is 0 Å². The maximum atomic E-state index is 4.97. The predicted molar refractivity (Wildman–Crippen MR) is 104 cm³/mol. The Labute approximate surface area is 152 Å². The first-order chi connectivity index (χ1) is 12.2. The summed E-state index contributed by atoms with van der Waals surface area (Å²) in [5.41, 5.74) is 3.00. The Balaban J connectivity index is 1.62. The maximum Gasteiger partial charge on any atom is 0.206 e. The first-order valence-electron chi connectivity index (χ1n) is 8.64. The average molecular weight is 350 g/mol. The molecule has 1 unspecified atom stereocenters. The molecule has 2 aliphatic heterocycles. The zero-order valence-electron chi connectivity index (χ0n) is 14.4. The first-order valence-corrected chi connectivity index (χ1v) is 9.52. The Morgan fingerprint density at radius 2 is 2.08 bits per heavy atom. The first kappa shape index (κ1) is 16.1. The smallest absolute Gasteiger partial charge is 0.206 e. The van der Waals surface area contributed by atoms with E-state index in [4.69, 9.17) is 4.99 Å². The SMILES string of the molecule is C=C1C=C(c2ccncc2)N=C(N2CCCC(c3cccs3)C2)N1C. The summed E-state index contributed by atoms with van der Waals surface area (Å²) in [6.07, 6.45) is 8.10. The van der Waals surface area contributed by atoms with E-state index in [9.17, 15) is 0 Å². The molecule has 1 atom stereocenters. The molecule has 25 heavy (non-hydrogen) atoms. The van der Waals surface area contributed by atoms with Crippen LogP contribution >= 0.6 is 11.3 Å². The Morgan fingerprint density at radius 3 is 2.84 bits per heavy atom. The van der Waals surface area contributed by atoms with Gasteiger partial charge in [-0.1, -0.05) is 12.6 Å². The van der Waals surface area contributed by atoms with E-state index in [0.717, 1.165) is 36.0 Å². The van der Waals surface area contributed by atoms with Crippen LogP contribution in [0.4, 0.5) is 0 Å². The van der Waals surface area contributed by atoms with Crippen molar-refractivity contribution in [3.8, 4) is 0 Å². The van der Waals surface area contributed by atoms with Gasteiger partial charge in [0.2, 0.25) is 5.96 Å². The van der Waals surface area contributed by atoms with Crippen molar-refractivity contribution < 1.29 is 0 Å². The number of nitrogens with zero attached hydrogens (tertiary/aromatic N) is 4. The predicted octanol–water partition coefficient (Wildman–Crippen LogP) is 4.18. The Bertz CT molecular complexity index is 807. The Hall–Kier alpha value is -2.40. The minimum absolute atomic E-state index is 0.591. The van der Waals surface area contributed by atoms with E-state index < -0.39 is 0 Å². The van der Waals surface area contributed by atoms with Gasteiger partial charge in [0.15, 0.2) is 0 Å². The third-order valence-corrected chi connectivity index (χ3v) is 5.92. The van der Waals surface area contributed by atoms with Crippen LogP contribution in [0.15, 0.2) is 65.4 Å². The lowest BCUT2D eigenvalue weighted by molar-refractivity contribution is 0.286. The van der Waals surface area contributed by atoms with Crippen molar-refractivity contribution in [2.75, 3.05) is 20.1 Å². The van der Waals surface area contributed by atoms with Crippen LogP contribution in [0.5, 0.6) is 0 Å². The summed E-state index contributed by atoms with van der Waals surface area (Å²) in [6.45, 7) is 6.27. The molecule has 0 bridgehead atoms. The van der Waals surface area contributed by atoms with Crippen LogP contribution < -0.4 is 0 Å². The highest BCUT2D eigenvalue weighted by Crippen LogP contribution is 2.32. The molecular weight excluding hydrogens is 328 g/mol. The molecule has 128 valence electrons. The van der Waals surface area contributed by atoms with E-state index in [1.807, 2.05) is 29.5 Å². The zero-order chi connectivity index (χ0) is 17.2. The highest BCUT2D eigenvalue weighted by atomic mass is 32.1. The fourth-order valence-corrected chi connectivity index (χ4v) is 4.32.